The maximum absolute atomic E-state index is 13.7. The van der Waals surface area contributed by atoms with E-state index in [1.54, 1.807) is 24.3 Å². The number of benzene rings is 5. The highest BCUT2D eigenvalue weighted by molar-refractivity contribution is 7.89. The van der Waals surface area contributed by atoms with Crippen molar-refractivity contribution in [1.29, 1.82) is 0 Å². The number of rotatable bonds is 16. The highest BCUT2D eigenvalue weighted by Crippen LogP contribution is 2.42. The summed E-state index contributed by atoms with van der Waals surface area (Å²) in [5, 5.41) is 12.7. The summed E-state index contributed by atoms with van der Waals surface area (Å²) in [7, 11) is -3.96. The van der Waals surface area contributed by atoms with Crippen LogP contribution in [0.5, 0.6) is 0 Å². The molecule has 10 nitrogen and oxygen atoms in total. The number of sulfonamides is 1. The Bertz CT molecular complexity index is 2340. The summed E-state index contributed by atoms with van der Waals surface area (Å²) in [5.41, 5.74) is 7.57. The van der Waals surface area contributed by atoms with Gasteiger partial charge in [0.15, 0.2) is 6.29 Å². The lowest BCUT2D eigenvalue weighted by atomic mass is 9.89. The Morgan fingerprint density at radius 2 is 1.47 bits per heavy atom. The Balaban J connectivity index is 0.957. The van der Waals surface area contributed by atoms with Gasteiger partial charge in [-0.1, -0.05) is 122 Å². The molecular weight excluding hydrogens is 797 g/mol. The number of nitrogens with zero attached hydrogens (tertiary/aromatic N) is 2. The van der Waals surface area contributed by atoms with Gasteiger partial charge in [0, 0.05) is 37.2 Å². The number of amides is 1. The lowest BCUT2D eigenvalue weighted by Crippen LogP contribution is -2.48. The zero-order valence-corrected chi connectivity index (χ0v) is 36.7. The van der Waals surface area contributed by atoms with E-state index in [1.165, 1.54) is 38.8 Å². The van der Waals surface area contributed by atoms with Crippen LogP contribution in [0.4, 0.5) is 0 Å². The van der Waals surface area contributed by atoms with Gasteiger partial charge in [-0.25, -0.2) is 8.42 Å². The van der Waals surface area contributed by atoms with Crippen molar-refractivity contribution in [2.45, 2.75) is 94.6 Å². The molecule has 0 unspecified atom stereocenters. The van der Waals surface area contributed by atoms with Gasteiger partial charge >= 0.3 is 0 Å². The molecule has 62 heavy (non-hydrogen) atoms. The normalized spacial score (nSPS) is 22.7. The number of carbonyl (C=O) groups is 1. The molecule has 0 spiro atoms. The Morgan fingerprint density at radius 1 is 0.758 bits per heavy atom. The predicted molar refractivity (Wildman–Crippen MR) is 242 cm³/mol. The lowest BCUT2D eigenvalue weighted by molar-refractivity contribution is -0.276. The summed E-state index contributed by atoms with van der Waals surface area (Å²) < 4.78 is 43.2. The number of carbonyl (C=O) groups excluding carboxylic acids is 1. The number of aliphatic hydroxyl groups is 1. The van der Waals surface area contributed by atoms with Gasteiger partial charge in [0.1, 0.15) is 6.04 Å². The third-order valence-electron chi connectivity index (χ3n) is 12.8. The van der Waals surface area contributed by atoms with Crippen molar-refractivity contribution in [1.82, 2.24) is 19.8 Å². The average molecular weight is 857 g/mol. The van der Waals surface area contributed by atoms with Crippen LogP contribution in [0, 0.1) is 12.8 Å². The third-order valence-corrected chi connectivity index (χ3v) is 14.3. The molecule has 3 N–H and O–H groups in total. The van der Waals surface area contributed by atoms with Crippen molar-refractivity contribution in [3.8, 4) is 11.1 Å². The fourth-order valence-corrected chi connectivity index (χ4v) is 10.4. The highest BCUT2D eigenvalue weighted by Gasteiger charge is 2.41. The van der Waals surface area contributed by atoms with E-state index in [0.717, 1.165) is 64.1 Å². The predicted octanol–water partition coefficient (Wildman–Crippen LogP) is 7.71. The summed E-state index contributed by atoms with van der Waals surface area (Å²) in [5.74, 6) is -0.294. The number of likely N-dealkylation sites (tertiary alicyclic amines) is 2. The number of nitrogens with one attached hydrogen (secondary N) is 2. The molecule has 3 fully saturated rings. The van der Waals surface area contributed by atoms with Crippen molar-refractivity contribution in [2.75, 3.05) is 32.7 Å². The van der Waals surface area contributed by atoms with E-state index >= 15 is 0 Å². The first-order valence-electron chi connectivity index (χ1n) is 22.2. The van der Waals surface area contributed by atoms with Crippen molar-refractivity contribution in [3.63, 3.8) is 0 Å². The summed E-state index contributed by atoms with van der Waals surface area (Å²) in [6, 6.07) is 39.9. The Hall–Kier alpha value is -4.72. The largest absolute Gasteiger partial charge is 0.392 e. The monoisotopic (exact) mass is 856 g/mol. The van der Waals surface area contributed by atoms with Gasteiger partial charge in [-0.05, 0) is 110 Å². The van der Waals surface area contributed by atoms with Crippen LogP contribution in [0.1, 0.15) is 78.4 Å². The third kappa shape index (κ3) is 10.9. The van der Waals surface area contributed by atoms with E-state index in [4.69, 9.17) is 9.47 Å². The van der Waals surface area contributed by atoms with E-state index in [2.05, 4.69) is 63.2 Å². The fourth-order valence-electron chi connectivity index (χ4n) is 9.18. The first kappa shape index (κ1) is 43.9. The summed E-state index contributed by atoms with van der Waals surface area (Å²) >= 11 is 0. The summed E-state index contributed by atoms with van der Waals surface area (Å²) in [6.45, 7) is 9.85. The van der Waals surface area contributed by atoms with Crippen LogP contribution in [0.3, 0.4) is 0 Å². The van der Waals surface area contributed by atoms with Crippen molar-refractivity contribution in [3.05, 3.63) is 161 Å². The smallest absolute Gasteiger partial charge is 0.241 e. The lowest BCUT2D eigenvalue weighted by Gasteiger charge is -2.43. The Morgan fingerprint density at radius 3 is 2.19 bits per heavy atom. The van der Waals surface area contributed by atoms with E-state index in [9.17, 15) is 18.3 Å². The minimum atomic E-state index is -3.96. The SMILES string of the molecule is Cc1ccc(S(=O)(=O)N[C@H](Cc2ccccc2)C(=O)NCc2cccc(-c3ccc([C@@H]4O[C@H](CN5CCC[C@H]5CN5CCCC5)[C@H](C)[C@H](c5ccc(CO)cc5)O4)cc3)c2)cc1. The molecule has 3 saturated heterocycles. The number of aliphatic hydroxyl groups excluding tert-OH is 1. The van der Waals surface area contributed by atoms with Crippen LogP contribution in [-0.4, -0.2) is 80.1 Å². The zero-order valence-electron chi connectivity index (χ0n) is 35.9. The van der Waals surface area contributed by atoms with Crippen LogP contribution in [0.2, 0.25) is 0 Å². The molecule has 3 heterocycles. The second-order valence-corrected chi connectivity index (χ2v) is 19.1. The molecule has 0 saturated carbocycles. The number of hydrogen-bond donors (Lipinski definition) is 3. The number of aryl methyl sites for hydroxylation is 1. The van der Waals surface area contributed by atoms with E-state index in [1.807, 2.05) is 73.7 Å². The van der Waals surface area contributed by atoms with E-state index < -0.39 is 28.3 Å². The topological polar surface area (TPSA) is 120 Å². The molecule has 6 atom stereocenters. The maximum Gasteiger partial charge on any atom is 0.241 e. The minimum absolute atomic E-state index is 0.00108. The van der Waals surface area contributed by atoms with Gasteiger partial charge in [-0.2, -0.15) is 4.72 Å². The van der Waals surface area contributed by atoms with Crippen molar-refractivity contribution >= 4 is 15.9 Å². The molecule has 0 radical (unpaired) electrons. The Kier molecular flexibility index (Phi) is 14.3. The van der Waals surface area contributed by atoms with Crippen LogP contribution < -0.4 is 10.0 Å². The standard InChI is InChI=1S/C51H60N4O6S/c1-36-15-25-46(26-16-36)62(58,59)53-47(31-38-10-4-3-5-11-38)50(57)52-32-40-12-8-13-44(30-40)41-21-23-43(24-22-41)51-60-48(34-55-29-9-14-45(55)33-54-27-6-7-28-54)37(2)49(61-51)42-19-17-39(35-56)18-20-42/h3-5,8,10-13,15-26,30,37,45,47-49,51,53,56H,6-7,9,14,27-29,31-35H2,1-2H3,(H,52,57)/t37-,45-,47+,48+,49+,51+/m0/s1. The second kappa shape index (κ2) is 20.2. The maximum atomic E-state index is 13.7. The first-order valence-corrected chi connectivity index (χ1v) is 23.7. The van der Waals surface area contributed by atoms with Gasteiger partial charge < -0.3 is 24.8 Å². The van der Waals surface area contributed by atoms with Gasteiger partial charge in [-0.3, -0.25) is 9.69 Å². The van der Waals surface area contributed by atoms with Crippen molar-refractivity contribution < 1.29 is 27.8 Å². The molecule has 5 aromatic rings. The van der Waals surface area contributed by atoms with E-state index in [0.29, 0.717) is 6.04 Å². The van der Waals surface area contributed by atoms with Crippen molar-refractivity contribution in [2.24, 2.45) is 5.92 Å². The molecular formula is C51H60N4O6S. The van der Waals surface area contributed by atoms with Gasteiger partial charge in [-0.15, -0.1) is 0 Å². The quantitative estimate of drug-likeness (QED) is 0.0924. The average Bonchev–Trinajstić information content (AvgIpc) is 3.99. The van der Waals surface area contributed by atoms with Gasteiger partial charge in [0.25, 0.3) is 0 Å². The molecule has 0 aromatic heterocycles. The highest BCUT2D eigenvalue weighted by atomic mass is 32.2. The molecule has 8 rings (SSSR count). The Labute approximate surface area is 367 Å². The molecule has 0 aliphatic carbocycles. The van der Waals surface area contributed by atoms with E-state index in [-0.39, 0.29) is 42.6 Å². The molecule has 1 amide bonds. The molecule has 0 bridgehead atoms. The number of ether oxygens (including phenoxy) is 2. The zero-order chi connectivity index (χ0) is 43.1. The number of hydrogen-bond acceptors (Lipinski definition) is 8. The van der Waals surface area contributed by atoms with Crippen LogP contribution in [0.15, 0.2) is 132 Å². The molecule has 11 heteroatoms. The van der Waals surface area contributed by atoms with Crippen LogP contribution in [0.25, 0.3) is 11.1 Å². The molecule has 326 valence electrons. The summed E-state index contributed by atoms with van der Waals surface area (Å²) in [4.78, 5) is 19.1. The molecule has 5 aromatic carbocycles. The van der Waals surface area contributed by atoms with Gasteiger partial charge in [0.05, 0.1) is 23.7 Å². The van der Waals surface area contributed by atoms with Crippen LogP contribution in [-0.2, 0) is 43.9 Å². The first-order chi connectivity index (χ1) is 30.1. The van der Waals surface area contributed by atoms with Crippen LogP contribution >= 0.6 is 0 Å². The molecule has 3 aliphatic heterocycles. The van der Waals surface area contributed by atoms with Gasteiger partial charge in [0.2, 0.25) is 15.9 Å². The molecule has 3 aliphatic rings. The minimum Gasteiger partial charge on any atom is -0.392 e. The second-order valence-electron chi connectivity index (χ2n) is 17.3. The fraction of sp³-hybridized carbons (Fsp3) is 0.392. The summed E-state index contributed by atoms with van der Waals surface area (Å²) in [6.07, 6.45) is 4.47.